The van der Waals surface area contributed by atoms with Crippen LogP contribution in [0, 0.1) is 5.82 Å². The Morgan fingerprint density at radius 3 is 2.71 bits per heavy atom. The van der Waals surface area contributed by atoms with E-state index in [4.69, 9.17) is 14.9 Å². The second-order valence-electron chi connectivity index (χ2n) is 8.84. The van der Waals surface area contributed by atoms with E-state index in [1.807, 2.05) is 0 Å². The molecule has 0 unspecified atom stereocenters. The molecule has 1 aromatic heterocycles. The maximum absolute atomic E-state index is 13.9. The van der Waals surface area contributed by atoms with Gasteiger partial charge in [-0.05, 0) is 31.0 Å². The van der Waals surface area contributed by atoms with E-state index in [-0.39, 0.29) is 30.3 Å². The summed E-state index contributed by atoms with van der Waals surface area (Å²) in [6.07, 6.45) is 2.08. The first kappa shape index (κ1) is 22.6. The van der Waals surface area contributed by atoms with Gasteiger partial charge in [0.2, 0.25) is 0 Å². The van der Waals surface area contributed by atoms with Crippen molar-refractivity contribution in [1.82, 2.24) is 9.88 Å². The minimum absolute atomic E-state index is 0.0493. The van der Waals surface area contributed by atoms with Gasteiger partial charge in [0.15, 0.2) is 8.32 Å². The monoisotopic (exact) mass is 413 g/mol. The second kappa shape index (κ2) is 8.75. The molecule has 0 saturated carbocycles. The van der Waals surface area contributed by atoms with Crippen LogP contribution in [0.4, 0.5) is 14.9 Å². The third-order valence-electron chi connectivity index (χ3n) is 5.81. The maximum Gasteiger partial charge on any atom is 0.407 e. The molecule has 7 nitrogen and oxygen atoms in total. The summed E-state index contributed by atoms with van der Waals surface area (Å²) in [6.45, 7) is 11.5. The van der Waals surface area contributed by atoms with Crippen LogP contribution in [0.25, 0.3) is 0 Å². The minimum Gasteiger partial charge on any atom is -0.465 e. The number of aromatic nitrogens is 1. The number of nitrogens with zero attached hydrogens (tertiary/aromatic N) is 2. The highest BCUT2D eigenvalue weighted by Crippen LogP contribution is 2.36. The number of ether oxygens (including phenoxy) is 1. The molecular weight excluding hydrogens is 381 g/mol. The Morgan fingerprint density at radius 2 is 2.14 bits per heavy atom. The molecular formula is C19H32FN3O4Si. The lowest BCUT2D eigenvalue weighted by Gasteiger charge is -2.41. The van der Waals surface area contributed by atoms with Crippen molar-refractivity contribution in [2.45, 2.75) is 63.9 Å². The van der Waals surface area contributed by atoms with Gasteiger partial charge in [0, 0.05) is 5.56 Å². The molecule has 0 aromatic carbocycles. The first-order valence-corrected chi connectivity index (χ1v) is 12.5. The Hall–Kier alpha value is -1.71. The van der Waals surface area contributed by atoms with Gasteiger partial charge < -0.3 is 20.0 Å². The fourth-order valence-corrected chi connectivity index (χ4v) is 3.91. The predicted octanol–water partition coefficient (Wildman–Crippen LogP) is 3.50. The van der Waals surface area contributed by atoms with Gasteiger partial charge in [0.05, 0.1) is 50.0 Å². The number of hydrogen-bond acceptors (Lipinski definition) is 5. The summed E-state index contributed by atoms with van der Waals surface area (Å²) in [4.78, 5) is 16.8. The number of morpholine rings is 1. The first-order valence-electron chi connectivity index (χ1n) is 9.55. The molecule has 0 spiro atoms. The van der Waals surface area contributed by atoms with Crippen LogP contribution >= 0.6 is 0 Å². The average molecular weight is 414 g/mol. The van der Waals surface area contributed by atoms with Gasteiger partial charge in [-0.2, -0.15) is 0 Å². The SMILES string of the molecule is CC(C)(C)[Si](C)(C)OC[C@@H]1CO[C@H](CCc2c(N)cncc2F)CN1C(=O)O. The van der Waals surface area contributed by atoms with E-state index in [2.05, 4.69) is 38.8 Å². The van der Waals surface area contributed by atoms with Crippen molar-refractivity contribution in [1.29, 1.82) is 0 Å². The molecule has 1 aliphatic heterocycles. The number of hydrogen-bond donors (Lipinski definition) is 2. The van der Waals surface area contributed by atoms with Crippen LogP contribution in [-0.4, -0.2) is 61.3 Å². The molecule has 2 rings (SSSR count). The summed E-state index contributed by atoms with van der Waals surface area (Å²) in [7, 11) is -1.98. The van der Waals surface area contributed by atoms with Crippen LogP contribution in [0.15, 0.2) is 12.4 Å². The van der Waals surface area contributed by atoms with Gasteiger partial charge in [0.1, 0.15) is 5.82 Å². The maximum atomic E-state index is 13.9. The largest absolute Gasteiger partial charge is 0.465 e. The van der Waals surface area contributed by atoms with Crippen molar-refractivity contribution >= 4 is 20.1 Å². The van der Waals surface area contributed by atoms with Crippen molar-refractivity contribution in [3.8, 4) is 0 Å². The average Bonchev–Trinajstić information content (AvgIpc) is 2.59. The Morgan fingerprint density at radius 1 is 1.46 bits per heavy atom. The van der Waals surface area contributed by atoms with E-state index in [0.717, 1.165) is 6.20 Å². The lowest BCUT2D eigenvalue weighted by atomic mass is 10.0. The molecule has 1 aliphatic rings. The standard InChI is InChI=1S/C19H32FN3O4Si/c1-19(2,3)28(4,5)27-12-13-11-26-14(10-23(13)18(24)25)6-7-15-16(20)8-22-9-17(15)21/h8-9,13-14H,6-7,10-12,21H2,1-5H3,(H,24,25)/t13-,14+/m0/s1. The highest BCUT2D eigenvalue weighted by atomic mass is 28.4. The van der Waals surface area contributed by atoms with Crippen molar-refractivity contribution in [3.05, 3.63) is 23.8 Å². The molecule has 9 heteroatoms. The smallest absolute Gasteiger partial charge is 0.407 e. The normalized spacial score (nSPS) is 21.0. The summed E-state index contributed by atoms with van der Waals surface area (Å²) < 4.78 is 25.9. The fraction of sp³-hybridized carbons (Fsp3) is 0.684. The highest BCUT2D eigenvalue weighted by Gasteiger charge is 2.39. The molecule has 2 atom stereocenters. The fourth-order valence-electron chi connectivity index (χ4n) is 2.87. The van der Waals surface area contributed by atoms with Crippen molar-refractivity contribution in [2.24, 2.45) is 0 Å². The van der Waals surface area contributed by atoms with E-state index in [1.165, 1.54) is 11.1 Å². The van der Waals surface area contributed by atoms with Crippen LogP contribution in [0.3, 0.4) is 0 Å². The van der Waals surface area contributed by atoms with E-state index in [1.54, 1.807) is 0 Å². The molecule has 1 aromatic rings. The number of nitrogen functional groups attached to an aromatic ring is 1. The van der Waals surface area contributed by atoms with Crippen molar-refractivity contribution in [3.63, 3.8) is 0 Å². The van der Waals surface area contributed by atoms with E-state index in [9.17, 15) is 14.3 Å². The molecule has 158 valence electrons. The summed E-state index contributed by atoms with van der Waals surface area (Å²) in [5.41, 5.74) is 6.48. The molecule has 2 heterocycles. The quantitative estimate of drug-likeness (QED) is 0.693. The zero-order valence-electron chi connectivity index (χ0n) is 17.4. The first-order chi connectivity index (χ1) is 12.9. The Kier molecular flexibility index (Phi) is 7.05. The number of amides is 1. The Labute approximate surface area is 167 Å². The Balaban J connectivity index is 1.96. The zero-order chi connectivity index (χ0) is 21.1. The van der Waals surface area contributed by atoms with E-state index < -0.39 is 20.2 Å². The highest BCUT2D eigenvalue weighted by molar-refractivity contribution is 6.74. The van der Waals surface area contributed by atoms with Crippen LogP contribution in [0.5, 0.6) is 0 Å². The van der Waals surface area contributed by atoms with Crippen LogP contribution in [0.1, 0.15) is 32.8 Å². The molecule has 3 N–H and O–H groups in total. The summed E-state index contributed by atoms with van der Waals surface area (Å²) >= 11 is 0. The van der Waals surface area contributed by atoms with Gasteiger partial charge in [-0.3, -0.25) is 9.88 Å². The number of rotatable bonds is 6. The molecule has 0 radical (unpaired) electrons. The topological polar surface area (TPSA) is 97.9 Å². The van der Waals surface area contributed by atoms with Crippen LogP contribution in [0.2, 0.25) is 18.1 Å². The predicted molar refractivity (Wildman–Crippen MR) is 108 cm³/mol. The van der Waals surface area contributed by atoms with E-state index >= 15 is 0 Å². The Bertz CT molecular complexity index is 676. The van der Waals surface area contributed by atoms with Gasteiger partial charge >= 0.3 is 6.09 Å². The molecule has 0 aliphatic carbocycles. The molecule has 1 amide bonds. The molecule has 1 fully saturated rings. The van der Waals surface area contributed by atoms with Gasteiger partial charge in [-0.25, -0.2) is 9.18 Å². The number of carbonyl (C=O) groups is 1. The lowest BCUT2D eigenvalue weighted by molar-refractivity contribution is -0.0672. The summed E-state index contributed by atoms with van der Waals surface area (Å²) in [6, 6.07) is -0.342. The van der Waals surface area contributed by atoms with Crippen molar-refractivity contribution in [2.75, 3.05) is 25.5 Å². The van der Waals surface area contributed by atoms with Crippen LogP contribution < -0.4 is 5.73 Å². The minimum atomic E-state index is -1.98. The summed E-state index contributed by atoms with van der Waals surface area (Å²) in [5, 5.41) is 9.68. The number of carboxylic acid groups (broad SMARTS) is 1. The number of nitrogens with two attached hydrogens (primary N) is 1. The second-order valence-corrected chi connectivity index (χ2v) is 13.7. The van der Waals surface area contributed by atoms with Gasteiger partial charge in [0.25, 0.3) is 0 Å². The number of halogens is 1. The van der Waals surface area contributed by atoms with Gasteiger partial charge in [-0.15, -0.1) is 0 Å². The molecule has 28 heavy (non-hydrogen) atoms. The third kappa shape index (κ3) is 5.42. The van der Waals surface area contributed by atoms with Gasteiger partial charge in [-0.1, -0.05) is 20.8 Å². The van der Waals surface area contributed by atoms with E-state index in [0.29, 0.717) is 30.7 Å². The summed E-state index contributed by atoms with van der Waals surface area (Å²) in [5.74, 6) is -0.452. The lowest BCUT2D eigenvalue weighted by Crippen LogP contribution is -2.55. The van der Waals surface area contributed by atoms with Crippen LogP contribution in [-0.2, 0) is 15.6 Å². The molecule has 1 saturated heterocycles. The zero-order valence-corrected chi connectivity index (χ0v) is 18.4. The third-order valence-corrected chi connectivity index (χ3v) is 10.3. The number of pyridine rings is 1. The molecule has 0 bridgehead atoms. The number of anilines is 1. The van der Waals surface area contributed by atoms with Crippen molar-refractivity contribution < 1.29 is 23.5 Å².